The number of aromatic nitrogens is 2. The smallest absolute Gasteiger partial charge is 0.191 e. The zero-order chi connectivity index (χ0) is 6.97. The fraction of sp³-hybridized carbons (Fsp3) is 0. The van der Waals surface area contributed by atoms with E-state index in [1.165, 1.54) is 12.1 Å². The van der Waals surface area contributed by atoms with Crippen molar-refractivity contribution < 1.29 is 9.63 Å². The topological polar surface area (TPSA) is 59.2 Å². The third kappa shape index (κ3) is 0.621. The maximum absolute atomic E-state index is 8.93. The van der Waals surface area contributed by atoms with Gasteiger partial charge in [0.25, 0.3) is 0 Å². The van der Waals surface area contributed by atoms with E-state index in [4.69, 9.17) is 5.11 Å². The van der Waals surface area contributed by atoms with Gasteiger partial charge >= 0.3 is 0 Å². The van der Waals surface area contributed by atoms with Crippen LogP contribution in [0, 0.1) is 0 Å². The van der Waals surface area contributed by atoms with Gasteiger partial charge in [0.05, 0.1) is 0 Å². The molecule has 0 fully saturated rings. The number of rotatable bonds is 0. The standard InChI is InChI=1S/C6H4N2O2/c9-4-1-2-5-6(3-4)10-8-7-5/h1-3,9H. The summed E-state index contributed by atoms with van der Waals surface area (Å²) >= 11 is 0. The monoisotopic (exact) mass is 136 g/mol. The molecule has 50 valence electrons. The number of benzene rings is 1. The van der Waals surface area contributed by atoms with Crippen molar-refractivity contribution in [2.24, 2.45) is 0 Å². The molecular formula is C6H4N2O2. The Morgan fingerprint density at radius 1 is 1.40 bits per heavy atom. The minimum absolute atomic E-state index is 0.158. The molecule has 0 saturated carbocycles. The molecule has 0 bridgehead atoms. The summed E-state index contributed by atoms with van der Waals surface area (Å²) in [5, 5.41) is 15.9. The number of phenolic OH excluding ortho intramolecular Hbond substituents is 1. The zero-order valence-electron chi connectivity index (χ0n) is 4.98. The molecule has 1 N–H and O–H groups in total. The maximum atomic E-state index is 8.93. The highest BCUT2D eigenvalue weighted by Crippen LogP contribution is 2.16. The molecule has 0 aliphatic rings. The lowest BCUT2D eigenvalue weighted by Crippen LogP contribution is -1.66. The normalized spacial score (nSPS) is 10.4. The number of aromatic hydroxyl groups is 1. The Balaban J connectivity index is 2.86. The lowest BCUT2D eigenvalue weighted by Gasteiger charge is -1.85. The fourth-order valence-corrected chi connectivity index (χ4v) is 0.767. The molecule has 2 rings (SSSR count). The number of fused-ring (bicyclic) bond motifs is 1. The molecule has 1 aromatic heterocycles. The molecule has 0 amide bonds. The largest absolute Gasteiger partial charge is 0.508 e. The highest BCUT2D eigenvalue weighted by molar-refractivity contribution is 5.72. The van der Waals surface area contributed by atoms with Crippen molar-refractivity contribution >= 4 is 11.1 Å². The summed E-state index contributed by atoms with van der Waals surface area (Å²) in [5.41, 5.74) is 1.15. The lowest BCUT2D eigenvalue weighted by atomic mass is 10.3. The first kappa shape index (κ1) is 5.22. The third-order valence-electron chi connectivity index (χ3n) is 1.23. The van der Waals surface area contributed by atoms with Crippen LogP contribution in [0.3, 0.4) is 0 Å². The second-order valence-electron chi connectivity index (χ2n) is 1.92. The summed E-state index contributed by atoms with van der Waals surface area (Å²) < 4.78 is 4.68. The van der Waals surface area contributed by atoms with Gasteiger partial charge in [-0.1, -0.05) is 0 Å². The Labute approximate surface area is 56.1 Å². The molecule has 0 aliphatic heterocycles. The quantitative estimate of drug-likeness (QED) is 0.585. The third-order valence-corrected chi connectivity index (χ3v) is 1.23. The van der Waals surface area contributed by atoms with Crippen molar-refractivity contribution in [1.82, 2.24) is 10.4 Å². The zero-order valence-corrected chi connectivity index (χ0v) is 4.98. The van der Waals surface area contributed by atoms with Gasteiger partial charge in [-0.15, -0.1) is 5.10 Å². The summed E-state index contributed by atoms with van der Waals surface area (Å²) in [7, 11) is 0. The average Bonchev–Trinajstić information content (AvgIpc) is 2.33. The molecule has 0 saturated heterocycles. The van der Waals surface area contributed by atoms with E-state index in [0.29, 0.717) is 11.1 Å². The van der Waals surface area contributed by atoms with Crippen LogP contribution in [0.1, 0.15) is 0 Å². The van der Waals surface area contributed by atoms with E-state index in [2.05, 4.69) is 14.9 Å². The van der Waals surface area contributed by atoms with Crippen LogP contribution in [0.4, 0.5) is 0 Å². The molecule has 0 unspecified atom stereocenters. The first-order chi connectivity index (χ1) is 4.86. The van der Waals surface area contributed by atoms with Gasteiger partial charge in [-0.2, -0.15) is 0 Å². The van der Waals surface area contributed by atoms with E-state index in [0.717, 1.165) is 0 Å². The van der Waals surface area contributed by atoms with Crippen LogP contribution < -0.4 is 0 Å². The fourth-order valence-electron chi connectivity index (χ4n) is 0.767. The van der Waals surface area contributed by atoms with Gasteiger partial charge in [0.1, 0.15) is 11.3 Å². The van der Waals surface area contributed by atoms with E-state index in [1.807, 2.05) is 0 Å². The summed E-state index contributed by atoms with van der Waals surface area (Å²) in [5.74, 6) is 0.158. The van der Waals surface area contributed by atoms with Gasteiger partial charge in [-0.25, -0.2) is 0 Å². The van der Waals surface area contributed by atoms with Crippen LogP contribution in [0.5, 0.6) is 5.75 Å². The van der Waals surface area contributed by atoms with E-state index >= 15 is 0 Å². The van der Waals surface area contributed by atoms with Crippen LogP contribution in [-0.2, 0) is 0 Å². The molecule has 0 atom stereocenters. The van der Waals surface area contributed by atoms with Crippen LogP contribution in [-0.4, -0.2) is 15.5 Å². The van der Waals surface area contributed by atoms with Gasteiger partial charge in [-0.3, -0.25) is 0 Å². The summed E-state index contributed by atoms with van der Waals surface area (Å²) in [6, 6.07) is 4.64. The first-order valence-electron chi connectivity index (χ1n) is 2.77. The lowest BCUT2D eigenvalue weighted by molar-refractivity contribution is 0.421. The second kappa shape index (κ2) is 1.70. The Morgan fingerprint density at radius 2 is 2.30 bits per heavy atom. The number of hydrogen-bond acceptors (Lipinski definition) is 4. The van der Waals surface area contributed by atoms with Gasteiger partial charge < -0.3 is 9.63 Å². The Bertz CT molecular complexity index is 355. The number of phenols is 1. The van der Waals surface area contributed by atoms with Crippen LogP contribution in [0.25, 0.3) is 11.1 Å². The minimum Gasteiger partial charge on any atom is -0.508 e. The molecule has 4 nitrogen and oxygen atoms in total. The number of nitrogens with zero attached hydrogens (tertiary/aromatic N) is 2. The molecule has 0 aliphatic carbocycles. The average molecular weight is 136 g/mol. The Kier molecular flexibility index (Phi) is 0.887. The number of hydrogen-bond donors (Lipinski definition) is 1. The summed E-state index contributed by atoms with van der Waals surface area (Å²) in [6.45, 7) is 0. The van der Waals surface area contributed by atoms with Crippen LogP contribution >= 0.6 is 0 Å². The van der Waals surface area contributed by atoms with E-state index < -0.39 is 0 Å². The van der Waals surface area contributed by atoms with Gasteiger partial charge in [0.15, 0.2) is 5.58 Å². The molecule has 10 heavy (non-hydrogen) atoms. The highest BCUT2D eigenvalue weighted by Gasteiger charge is 1.98. The SMILES string of the molecule is Oc1ccc2nnoc2c1. The summed E-state index contributed by atoms with van der Waals surface area (Å²) in [4.78, 5) is 0. The predicted molar refractivity (Wildman–Crippen MR) is 33.5 cm³/mol. The first-order valence-corrected chi connectivity index (χ1v) is 2.77. The van der Waals surface area contributed by atoms with Gasteiger partial charge in [-0.05, 0) is 12.1 Å². The van der Waals surface area contributed by atoms with Crippen LogP contribution in [0.15, 0.2) is 22.7 Å². The summed E-state index contributed by atoms with van der Waals surface area (Å²) in [6.07, 6.45) is 0. The molecule has 0 radical (unpaired) electrons. The minimum atomic E-state index is 0.158. The van der Waals surface area contributed by atoms with Gasteiger partial charge in [0.2, 0.25) is 0 Å². The Morgan fingerprint density at radius 3 is 3.20 bits per heavy atom. The van der Waals surface area contributed by atoms with Crippen LogP contribution in [0.2, 0.25) is 0 Å². The molecule has 0 spiro atoms. The van der Waals surface area contributed by atoms with Crippen molar-refractivity contribution in [3.05, 3.63) is 18.2 Å². The van der Waals surface area contributed by atoms with Crippen molar-refractivity contribution in [2.45, 2.75) is 0 Å². The maximum Gasteiger partial charge on any atom is 0.191 e. The molecular weight excluding hydrogens is 132 g/mol. The van der Waals surface area contributed by atoms with E-state index in [9.17, 15) is 0 Å². The molecule has 2 aromatic rings. The molecule has 1 heterocycles. The molecule has 1 aromatic carbocycles. The van der Waals surface area contributed by atoms with Crippen molar-refractivity contribution in [3.8, 4) is 5.75 Å². The van der Waals surface area contributed by atoms with E-state index in [1.54, 1.807) is 6.07 Å². The predicted octanol–water partition coefficient (Wildman–Crippen LogP) is 0.928. The highest BCUT2D eigenvalue weighted by atomic mass is 16.5. The van der Waals surface area contributed by atoms with Crippen molar-refractivity contribution in [3.63, 3.8) is 0 Å². The van der Waals surface area contributed by atoms with Crippen molar-refractivity contribution in [1.29, 1.82) is 0 Å². The second-order valence-corrected chi connectivity index (χ2v) is 1.92. The van der Waals surface area contributed by atoms with Crippen molar-refractivity contribution in [2.75, 3.05) is 0 Å². The van der Waals surface area contributed by atoms with E-state index in [-0.39, 0.29) is 5.75 Å². The Hall–Kier alpha value is -1.58. The molecule has 4 heteroatoms. The van der Waals surface area contributed by atoms with Gasteiger partial charge in [0, 0.05) is 11.3 Å².